The molecule has 0 radical (unpaired) electrons. The normalized spacial score (nSPS) is 34.1. The first kappa shape index (κ1) is 18.0. The Balaban J connectivity index is 1.99. The van der Waals surface area contributed by atoms with E-state index in [1.807, 2.05) is 20.8 Å². The zero-order valence-electron chi connectivity index (χ0n) is 16.1. The van der Waals surface area contributed by atoms with Gasteiger partial charge in [0.1, 0.15) is 6.04 Å². The quantitative estimate of drug-likeness (QED) is 0.806. The Kier molecular flexibility index (Phi) is 3.88. The number of methoxy groups -OCH3 is 1. The van der Waals surface area contributed by atoms with Gasteiger partial charge in [0.2, 0.25) is 5.91 Å². The highest BCUT2D eigenvalue weighted by Crippen LogP contribution is 2.62. The molecule has 1 aromatic carbocycles. The number of carboxylic acids is 1. The topological polar surface area (TPSA) is 83.9 Å². The molecule has 3 aliphatic rings. The number of ether oxygens (including phenoxy) is 1. The second-order valence-electron chi connectivity index (χ2n) is 8.38. The first-order valence-corrected chi connectivity index (χ1v) is 9.45. The summed E-state index contributed by atoms with van der Waals surface area (Å²) in [6, 6.07) is 3.50. The number of nitrogens with zero attached hydrogens (tertiary/aromatic N) is 1. The van der Waals surface area contributed by atoms with Crippen molar-refractivity contribution in [2.45, 2.75) is 51.6 Å². The summed E-state index contributed by atoms with van der Waals surface area (Å²) in [7, 11) is 1.33. The molecule has 6 nitrogen and oxygen atoms in total. The van der Waals surface area contributed by atoms with E-state index in [2.05, 4.69) is 12.1 Å². The van der Waals surface area contributed by atoms with Gasteiger partial charge >= 0.3 is 11.9 Å². The molecule has 1 spiro atoms. The van der Waals surface area contributed by atoms with Gasteiger partial charge in [0.15, 0.2) is 0 Å². The number of rotatable bonds is 2. The average Bonchev–Trinajstić information content (AvgIpc) is 3.03. The lowest BCUT2D eigenvalue weighted by Crippen LogP contribution is -2.58. The predicted molar refractivity (Wildman–Crippen MR) is 97.0 cm³/mol. The minimum atomic E-state index is -0.857. The van der Waals surface area contributed by atoms with E-state index in [1.54, 1.807) is 4.90 Å². The van der Waals surface area contributed by atoms with Crippen LogP contribution in [0, 0.1) is 31.6 Å². The fraction of sp³-hybridized carbons (Fsp3) is 0.571. The third-order valence-corrected chi connectivity index (χ3v) is 7.06. The molecule has 2 aliphatic heterocycles. The Labute approximate surface area is 158 Å². The fourth-order valence-electron chi connectivity index (χ4n) is 5.92. The number of aryl methyl sites for hydroxylation is 2. The number of carbonyl (C=O) groups is 3. The molecular formula is C21H25NO5. The number of aliphatic carboxylic acids is 1. The van der Waals surface area contributed by atoms with Crippen LogP contribution >= 0.6 is 0 Å². The van der Waals surface area contributed by atoms with Crippen molar-refractivity contribution in [3.8, 4) is 0 Å². The van der Waals surface area contributed by atoms with Crippen LogP contribution in [0.3, 0.4) is 0 Å². The van der Waals surface area contributed by atoms with Crippen LogP contribution in [0.4, 0.5) is 0 Å². The molecule has 2 heterocycles. The van der Waals surface area contributed by atoms with Crippen molar-refractivity contribution in [2.75, 3.05) is 7.11 Å². The number of carbonyl (C=O) groups excluding carboxylic acids is 2. The molecule has 144 valence electrons. The van der Waals surface area contributed by atoms with Crippen LogP contribution in [0.15, 0.2) is 12.1 Å². The minimum Gasteiger partial charge on any atom is -0.481 e. The molecule has 0 aromatic heterocycles. The van der Waals surface area contributed by atoms with E-state index in [1.165, 1.54) is 7.11 Å². The smallest absolute Gasteiger partial charge is 0.328 e. The second kappa shape index (κ2) is 5.81. The first-order chi connectivity index (χ1) is 12.7. The van der Waals surface area contributed by atoms with E-state index in [0.717, 1.165) is 22.3 Å². The monoisotopic (exact) mass is 371 g/mol. The third-order valence-electron chi connectivity index (χ3n) is 7.06. The van der Waals surface area contributed by atoms with Crippen LogP contribution in [0.25, 0.3) is 0 Å². The van der Waals surface area contributed by atoms with Crippen LogP contribution < -0.4 is 0 Å². The Bertz CT molecular complexity index is 862. The lowest BCUT2D eigenvalue weighted by Gasteiger charge is -2.48. The van der Waals surface area contributed by atoms with Crippen molar-refractivity contribution < 1.29 is 24.2 Å². The summed E-state index contributed by atoms with van der Waals surface area (Å²) in [4.78, 5) is 39.3. The fourth-order valence-corrected chi connectivity index (χ4v) is 5.92. The predicted octanol–water partition coefficient (Wildman–Crippen LogP) is 2.19. The van der Waals surface area contributed by atoms with Crippen LogP contribution in [-0.4, -0.2) is 41.0 Å². The zero-order chi connectivity index (χ0) is 19.7. The zero-order valence-corrected chi connectivity index (χ0v) is 16.1. The minimum absolute atomic E-state index is 0.0750. The summed E-state index contributed by atoms with van der Waals surface area (Å²) in [5.74, 6) is -2.43. The summed E-state index contributed by atoms with van der Waals surface area (Å²) >= 11 is 0. The Morgan fingerprint density at radius 1 is 1.22 bits per heavy atom. The van der Waals surface area contributed by atoms with E-state index >= 15 is 0 Å². The van der Waals surface area contributed by atoms with Gasteiger partial charge in [-0.05, 0) is 48.4 Å². The van der Waals surface area contributed by atoms with Crippen LogP contribution in [-0.2, 0) is 31.1 Å². The largest absolute Gasteiger partial charge is 0.481 e. The summed E-state index contributed by atoms with van der Waals surface area (Å²) < 4.78 is 5.01. The van der Waals surface area contributed by atoms with Crippen LogP contribution in [0.5, 0.6) is 0 Å². The Morgan fingerprint density at radius 2 is 1.89 bits per heavy atom. The number of carboxylic acid groups (broad SMARTS) is 1. The van der Waals surface area contributed by atoms with Crippen LogP contribution in [0.1, 0.15) is 42.0 Å². The maximum Gasteiger partial charge on any atom is 0.328 e. The highest BCUT2D eigenvalue weighted by atomic mass is 16.5. The molecule has 0 bridgehead atoms. The number of esters is 1. The lowest BCUT2D eigenvalue weighted by atomic mass is 9.72. The number of amides is 1. The van der Waals surface area contributed by atoms with Gasteiger partial charge in [0.05, 0.1) is 18.6 Å². The number of hydrogen-bond acceptors (Lipinski definition) is 4. The first-order valence-electron chi connectivity index (χ1n) is 9.45. The van der Waals surface area contributed by atoms with Gasteiger partial charge in [0.25, 0.3) is 0 Å². The molecule has 4 rings (SSSR count). The van der Waals surface area contributed by atoms with Crippen molar-refractivity contribution in [2.24, 2.45) is 17.8 Å². The molecule has 1 saturated carbocycles. The second-order valence-corrected chi connectivity index (χ2v) is 8.38. The lowest BCUT2D eigenvalue weighted by molar-refractivity contribution is -0.156. The third kappa shape index (κ3) is 2.22. The van der Waals surface area contributed by atoms with Crippen molar-refractivity contribution in [1.29, 1.82) is 0 Å². The average molecular weight is 371 g/mol. The standard InChI is InChI=1S/C21H25NO5/c1-10-5-13-7-16(20(26)27-4)22-17(23)8-15-18(19(24)25)12(3)9-21(15,22)14(13)6-11(10)2/h5-6,12,15-16,18H,7-9H2,1-4H3,(H,24,25)/t12-,15-,16-,18+,21-/m0/s1. The number of benzene rings is 1. The molecule has 6 heteroatoms. The molecule has 2 fully saturated rings. The van der Waals surface area contributed by atoms with Crippen molar-refractivity contribution in [3.63, 3.8) is 0 Å². The highest BCUT2D eigenvalue weighted by molar-refractivity contribution is 5.90. The summed E-state index contributed by atoms with van der Waals surface area (Å²) in [6.45, 7) is 6.00. The van der Waals surface area contributed by atoms with Gasteiger partial charge in [-0.3, -0.25) is 9.59 Å². The molecule has 1 N–H and O–H groups in total. The summed E-state index contributed by atoms with van der Waals surface area (Å²) in [6.07, 6.45) is 1.14. The molecule has 5 atom stereocenters. The van der Waals surface area contributed by atoms with Crippen molar-refractivity contribution in [3.05, 3.63) is 34.4 Å². The summed E-state index contributed by atoms with van der Waals surface area (Å²) in [5, 5.41) is 9.85. The van der Waals surface area contributed by atoms with Gasteiger partial charge in [-0.2, -0.15) is 0 Å². The van der Waals surface area contributed by atoms with Gasteiger partial charge in [-0.1, -0.05) is 19.1 Å². The summed E-state index contributed by atoms with van der Waals surface area (Å²) in [5.41, 5.74) is 3.57. The van der Waals surface area contributed by atoms with Crippen LogP contribution in [0.2, 0.25) is 0 Å². The van der Waals surface area contributed by atoms with E-state index in [4.69, 9.17) is 4.74 Å². The van der Waals surface area contributed by atoms with Gasteiger partial charge in [-0.15, -0.1) is 0 Å². The SMILES string of the molecule is COC(=O)[C@@H]1Cc2cc(C)c(C)cc2[C@@]23C[C@H](C)[C@@H](C(=O)O)[C@@H]2CC(=O)N13. The van der Waals surface area contributed by atoms with E-state index in [-0.39, 0.29) is 24.2 Å². The number of hydrogen-bond donors (Lipinski definition) is 1. The Morgan fingerprint density at radius 3 is 2.52 bits per heavy atom. The van der Waals surface area contributed by atoms with Crippen molar-refractivity contribution >= 4 is 17.8 Å². The maximum atomic E-state index is 13.0. The molecule has 1 aromatic rings. The van der Waals surface area contributed by atoms with Crippen molar-refractivity contribution in [1.82, 2.24) is 4.90 Å². The molecule has 27 heavy (non-hydrogen) atoms. The number of fused-ring (bicyclic) bond motifs is 1. The van der Waals surface area contributed by atoms with E-state index in [0.29, 0.717) is 12.8 Å². The highest BCUT2D eigenvalue weighted by Gasteiger charge is 2.67. The maximum absolute atomic E-state index is 13.0. The van der Waals surface area contributed by atoms with E-state index in [9.17, 15) is 19.5 Å². The molecule has 1 aliphatic carbocycles. The van der Waals surface area contributed by atoms with E-state index < -0.39 is 29.4 Å². The van der Waals surface area contributed by atoms with Gasteiger partial charge < -0.3 is 14.7 Å². The molecule has 1 saturated heterocycles. The molecular weight excluding hydrogens is 346 g/mol. The molecule has 1 amide bonds. The molecule has 0 unspecified atom stereocenters. The van der Waals surface area contributed by atoms with Gasteiger partial charge in [0, 0.05) is 18.8 Å². The Hall–Kier alpha value is -2.37. The van der Waals surface area contributed by atoms with Gasteiger partial charge in [-0.25, -0.2) is 4.79 Å².